The van der Waals surface area contributed by atoms with Gasteiger partial charge in [-0.1, -0.05) is 35.5 Å². The zero-order chi connectivity index (χ0) is 13.8. The largest absolute Gasteiger partial charge is 0.478 e. The van der Waals surface area contributed by atoms with Crippen molar-refractivity contribution in [3.63, 3.8) is 0 Å². The van der Waals surface area contributed by atoms with Gasteiger partial charge in [0.25, 0.3) is 0 Å². The molecule has 2 aromatic rings. The molecule has 0 unspecified atom stereocenters. The van der Waals surface area contributed by atoms with E-state index in [0.717, 1.165) is 14.7 Å². The van der Waals surface area contributed by atoms with Crippen molar-refractivity contribution in [2.24, 2.45) is 0 Å². The van der Waals surface area contributed by atoms with Crippen molar-refractivity contribution in [3.05, 3.63) is 53.6 Å². The SMILES string of the molecule is CSc1cccc(Sc2cccc(C)c2)c1C(=O)O. The standard InChI is InChI=1S/C15H14O2S2/c1-10-5-3-6-11(9-10)19-13-8-4-7-12(18-2)14(13)15(16)17/h3-9H,1-2H3,(H,16,17). The van der Waals surface area contributed by atoms with E-state index in [1.54, 1.807) is 0 Å². The van der Waals surface area contributed by atoms with Gasteiger partial charge in [0.05, 0.1) is 5.56 Å². The summed E-state index contributed by atoms with van der Waals surface area (Å²) in [6, 6.07) is 13.7. The lowest BCUT2D eigenvalue weighted by molar-refractivity contribution is 0.0689. The molecule has 0 bridgehead atoms. The highest BCUT2D eigenvalue weighted by atomic mass is 32.2. The number of hydrogen-bond donors (Lipinski definition) is 1. The monoisotopic (exact) mass is 290 g/mol. The number of aryl methyl sites for hydroxylation is 1. The van der Waals surface area contributed by atoms with Crippen molar-refractivity contribution in [2.45, 2.75) is 21.6 Å². The molecule has 0 aromatic heterocycles. The maximum atomic E-state index is 11.4. The van der Waals surface area contributed by atoms with Crippen molar-refractivity contribution < 1.29 is 9.90 Å². The first kappa shape index (κ1) is 14.0. The Labute approximate surface area is 121 Å². The first-order chi connectivity index (χ1) is 9.11. The van der Waals surface area contributed by atoms with Gasteiger partial charge in [-0.3, -0.25) is 0 Å². The Morgan fingerprint density at radius 3 is 2.42 bits per heavy atom. The molecule has 0 atom stereocenters. The van der Waals surface area contributed by atoms with Gasteiger partial charge in [0, 0.05) is 14.7 Å². The van der Waals surface area contributed by atoms with Gasteiger partial charge in [-0.05, 0) is 37.4 Å². The Bertz CT molecular complexity index is 609. The Kier molecular flexibility index (Phi) is 4.56. The summed E-state index contributed by atoms with van der Waals surface area (Å²) in [7, 11) is 0. The third-order valence-corrected chi connectivity index (χ3v) is 4.47. The smallest absolute Gasteiger partial charge is 0.337 e. The van der Waals surface area contributed by atoms with E-state index >= 15 is 0 Å². The normalized spacial score (nSPS) is 10.4. The molecule has 1 N–H and O–H groups in total. The van der Waals surface area contributed by atoms with Crippen molar-refractivity contribution in [2.75, 3.05) is 6.26 Å². The van der Waals surface area contributed by atoms with Crippen molar-refractivity contribution >= 4 is 29.5 Å². The zero-order valence-corrected chi connectivity index (χ0v) is 12.3. The van der Waals surface area contributed by atoms with E-state index in [4.69, 9.17) is 0 Å². The van der Waals surface area contributed by atoms with Crippen LogP contribution in [0.2, 0.25) is 0 Å². The number of thioether (sulfide) groups is 1. The molecular weight excluding hydrogens is 276 g/mol. The first-order valence-electron chi connectivity index (χ1n) is 5.76. The number of rotatable bonds is 4. The third-order valence-electron chi connectivity index (χ3n) is 2.64. The highest BCUT2D eigenvalue weighted by molar-refractivity contribution is 8.00. The van der Waals surface area contributed by atoms with Gasteiger partial charge in [-0.15, -0.1) is 11.8 Å². The molecule has 4 heteroatoms. The van der Waals surface area contributed by atoms with Crippen LogP contribution in [0.3, 0.4) is 0 Å². The van der Waals surface area contributed by atoms with E-state index in [1.165, 1.54) is 29.1 Å². The predicted molar refractivity (Wildman–Crippen MR) is 80.5 cm³/mol. The molecular formula is C15H14O2S2. The molecule has 0 spiro atoms. The van der Waals surface area contributed by atoms with Gasteiger partial charge < -0.3 is 5.11 Å². The number of aromatic carboxylic acids is 1. The zero-order valence-electron chi connectivity index (χ0n) is 10.7. The molecule has 2 rings (SSSR count). The van der Waals surface area contributed by atoms with Crippen molar-refractivity contribution in [1.29, 1.82) is 0 Å². The molecule has 0 heterocycles. The van der Waals surface area contributed by atoms with Crippen LogP contribution in [-0.4, -0.2) is 17.3 Å². The van der Waals surface area contributed by atoms with E-state index in [0.29, 0.717) is 5.56 Å². The topological polar surface area (TPSA) is 37.3 Å². The second-order valence-electron chi connectivity index (χ2n) is 4.06. The Morgan fingerprint density at radius 2 is 1.79 bits per heavy atom. The van der Waals surface area contributed by atoms with Gasteiger partial charge in [-0.2, -0.15) is 0 Å². The van der Waals surface area contributed by atoms with Crippen LogP contribution in [0.4, 0.5) is 0 Å². The average molecular weight is 290 g/mol. The molecule has 98 valence electrons. The summed E-state index contributed by atoms with van der Waals surface area (Å²) in [5.41, 5.74) is 1.56. The number of carboxylic acids is 1. The summed E-state index contributed by atoms with van der Waals surface area (Å²) in [5.74, 6) is -0.875. The van der Waals surface area contributed by atoms with E-state index in [9.17, 15) is 9.90 Å². The maximum Gasteiger partial charge on any atom is 0.337 e. The highest BCUT2D eigenvalue weighted by Gasteiger charge is 2.15. The van der Waals surface area contributed by atoms with E-state index in [-0.39, 0.29) is 0 Å². The Balaban J connectivity index is 2.42. The van der Waals surface area contributed by atoms with E-state index in [2.05, 4.69) is 6.07 Å². The molecule has 0 saturated heterocycles. The molecule has 0 fully saturated rings. The lowest BCUT2D eigenvalue weighted by atomic mass is 10.2. The summed E-state index contributed by atoms with van der Waals surface area (Å²) in [6.45, 7) is 2.03. The molecule has 19 heavy (non-hydrogen) atoms. The summed E-state index contributed by atoms with van der Waals surface area (Å²) < 4.78 is 0. The minimum atomic E-state index is -0.875. The molecule has 0 radical (unpaired) electrons. The third kappa shape index (κ3) is 3.33. The van der Waals surface area contributed by atoms with Gasteiger partial charge in [0.2, 0.25) is 0 Å². The van der Waals surface area contributed by atoms with Crippen LogP contribution >= 0.6 is 23.5 Å². The molecule has 0 amide bonds. The number of benzene rings is 2. The fourth-order valence-corrected chi connectivity index (χ4v) is 3.55. The molecule has 2 nitrogen and oxygen atoms in total. The minimum absolute atomic E-state index is 0.390. The minimum Gasteiger partial charge on any atom is -0.478 e. The Hall–Kier alpha value is -1.39. The number of carboxylic acid groups (broad SMARTS) is 1. The number of hydrogen-bond acceptors (Lipinski definition) is 3. The van der Waals surface area contributed by atoms with Gasteiger partial charge >= 0.3 is 5.97 Å². The fourth-order valence-electron chi connectivity index (χ4n) is 1.78. The van der Waals surface area contributed by atoms with Crippen molar-refractivity contribution in [1.82, 2.24) is 0 Å². The van der Waals surface area contributed by atoms with Crippen LogP contribution in [-0.2, 0) is 0 Å². The molecule has 0 saturated carbocycles. The van der Waals surface area contributed by atoms with Gasteiger partial charge in [-0.25, -0.2) is 4.79 Å². The molecule has 2 aromatic carbocycles. The summed E-state index contributed by atoms with van der Waals surface area (Å²) >= 11 is 2.95. The van der Waals surface area contributed by atoms with E-state index in [1.807, 2.05) is 49.6 Å². The van der Waals surface area contributed by atoms with Crippen LogP contribution in [0.25, 0.3) is 0 Å². The summed E-state index contributed by atoms with van der Waals surface area (Å²) in [5, 5.41) is 9.38. The lowest BCUT2D eigenvalue weighted by Crippen LogP contribution is -2.01. The van der Waals surface area contributed by atoms with E-state index < -0.39 is 5.97 Å². The average Bonchev–Trinajstić information content (AvgIpc) is 2.38. The quantitative estimate of drug-likeness (QED) is 0.837. The molecule has 0 aliphatic rings. The van der Waals surface area contributed by atoms with Crippen LogP contribution in [0.15, 0.2) is 57.2 Å². The summed E-state index contributed by atoms with van der Waals surface area (Å²) in [4.78, 5) is 14.1. The van der Waals surface area contributed by atoms with Crippen LogP contribution in [0.5, 0.6) is 0 Å². The van der Waals surface area contributed by atoms with Gasteiger partial charge in [0.15, 0.2) is 0 Å². The molecule has 0 aliphatic heterocycles. The second-order valence-corrected chi connectivity index (χ2v) is 6.02. The fraction of sp³-hybridized carbons (Fsp3) is 0.133. The van der Waals surface area contributed by atoms with Crippen LogP contribution in [0, 0.1) is 6.92 Å². The van der Waals surface area contributed by atoms with Gasteiger partial charge in [0.1, 0.15) is 0 Å². The predicted octanol–water partition coefficient (Wildman–Crippen LogP) is 4.57. The van der Waals surface area contributed by atoms with Crippen LogP contribution in [0.1, 0.15) is 15.9 Å². The van der Waals surface area contributed by atoms with Crippen LogP contribution < -0.4 is 0 Å². The molecule has 0 aliphatic carbocycles. The Morgan fingerprint density at radius 1 is 1.11 bits per heavy atom. The highest BCUT2D eigenvalue weighted by Crippen LogP contribution is 2.35. The maximum absolute atomic E-state index is 11.4. The number of carbonyl (C=O) groups is 1. The second kappa shape index (κ2) is 6.17. The lowest BCUT2D eigenvalue weighted by Gasteiger charge is -2.09. The first-order valence-corrected chi connectivity index (χ1v) is 7.80. The van der Waals surface area contributed by atoms with Crippen molar-refractivity contribution in [3.8, 4) is 0 Å². The summed E-state index contributed by atoms with van der Waals surface area (Å²) in [6.07, 6.45) is 1.89.